The van der Waals surface area contributed by atoms with Gasteiger partial charge in [0.25, 0.3) is 5.79 Å². The lowest BCUT2D eigenvalue weighted by molar-refractivity contribution is -0.401. The molecular weight excluding hydrogens is 374 g/mol. The zero-order chi connectivity index (χ0) is 16.8. The highest BCUT2D eigenvalue weighted by atomic mass is 79.9. The molecule has 9 heteroatoms. The molecule has 1 fully saturated rings. The number of hydrogen-bond acceptors (Lipinski definition) is 3. The first kappa shape index (κ1) is 17.2. The van der Waals surface area contributed by atoms with Crippen LogP contribution < -0.4 is 5.32 Å². The number of morpholine rings is 1. The lowest BCUT2D eigenvalue weighted by atomic mass is 9.77. The van der Waals surface area contributed by atoms with Crippen LogP contribution in [0, 0.1) is 5.82 Å². The van der Waals surface area contributed by atoms with Crippen LogP contribution in [0.5, 0.6) is 0 Å². The van der Waals surface area contributed by atoms with E-state index in [4.69, 9.17) is 0 Å². The van der Waals surface area contributed by atoms with Gasteiger partial charge in [-0.15, -0.1) is 0 Å². The summed E-state index contributed by atoms with van der Waals surface area (Å²) in [5.74, 6) is -5.63. The van der Waals surface area contributed by atoms with Crippen molar-refractivity contribution in [1.29, 1.82) is 0 Å². The summed E-state index contributed by atoms with van der Waals surface area (Å²) in [5.41, 5.74) is -3.01. The molecule has 0 aromatic heterocycles. The van der Waals surface area contributed by atoms with Crippen molar-refractivity contribution < 1.29 is 32.2 Å². The number of halogens is 5. The molecule has 1 heterocycles. The third-order valence-electron chi connectivity index (χ3n) is 3.65. The lowest BCUT2D eigenvalue weighted by Gasteiger charge is -2.50. The molecule has 1 amide bonds. The number of amides is 1. The predicted octanol–water partition coefficient (Wildman–Crippen LogP) is 2.59. The van der Waals surface area contributed by atoms with Crippen molar-refractivity contribution >= 4 is 21.8 Å². The molecule has 1 saturated heterocycles. The number of carbonyl (C=O) groups is 1. The summed E-state index contributed by atoms with van der Waals surface area (Å²) < 4.78 is 59.0. The van der Waals surface area contributed by atoms with Crippen LogP contribution in [-0.2, 0) is 15.1 Å². The van der Waals surface area contributed by atoms with Crippen molar-refractivity contribution in [3.63, 3.8) is 0 Å². The van der Waals surface area contributed by atoms with Crippen LogP contribution in [0.15, 0.2) is 22.7 Å². The van der Waals surface area contributed by atoms with Gasteiger partial charge in [-0.3, -0.25) is 4.79 Å². The van der Waals surface area contributed by atoms with Gasteiger partial charge in [0, 0.05) is 10.0 Å². The Morgan fingerprint density at radius 2 is 2.09 bits per heavy atom. The molecule has 1 aromatic carbocycles. The maximum Gasteiger partial charge on any atom is 0.446 e. The fourth-order valence-electron chi connectivity index (χ4n) is 2.57. The molecule has 2 atom stereocenters. The first-order chi connectivity index (χ1) is 10.1. The first-order valence-corrected chi connectivity index (χ1v) is 7.06. The second kappa shape index (κ2) is 5.47. The highest BCUT2D eigenvalue weighted by Crippen LogP contribution is 2.49. The van der Waals surface area contributed by atoms with Gasteiger partial charge in [0.15, 0.2) is 0 Å². The Morgan fingerprint density at radius 3 is 2.64 bits per heavy atom. The van der Waals surface area contributed by atoms with E-state index in [1.165, 1.54) is 13.0 Å². The molecule has 22 heavy (non-hydrogen) atoms. The summed E-state index contributed by atoms with van der Waals surface area (Å²) in [4.78, 5) is 11.6. The lowest BCUT2D eigenvalue weighted by Crippen LogP contribution is -2.73. The van der Waals surface area contributed by atoms with Crippen LogP contribution in [0.2, 0.25) is 0 Å². The fraction of sp³-hybridized carbons (Fsp3) is 0.462. The van der Waals surface area contributed by atoms with Gasteiger partial charge in [-0.05, 0) is 24.6 Å². The van der Waals surface area contributed by atoms with Crippen LogP contribution in [0.4, 0.5) is 17.6 Å². The smallest absolute Gasteiger partial charge is 0.356 e. The first-order valence-electron chi connectivity index (χ1n) is 6.27. The minimum atomic E-state index is -5.24. The van der Waals surface area contributed by atoms with Crippen LogP contribution in [-0.4, -0.2) is 29.6 Å². The number of benzene rings is 1. The van der Waals surface area contributed by atoms with Gasteiger partial charge >= 0.3 is 6.18 Å². The van der Waals surface area contributed by atoms with Crippen molar-refractivity contribution in [1.82, 2.24) is 5.32 Å². The maximum atomic E-state index is 14.1. The summed E-state index contributed by atoms with van der Waals surface area (Å²) in [6.07, 6.45) is -5.69. The molecule has 0 radical (unpaired) electrons. The summed E-state index contributed by atoms with van der Waals surface area (Å²) in [6.45, 7) is 0.305. The number of ether oxygens (including phenoxy) is 1. The Kier molecular flexibility index (Phi) is 4.27. The number of nitrogens with one attached hydrogen (secondary N) is 1. The van der Waals surface area contributed by atoms with E-state index in [-0.39, 0.29) is 0 Å². The van der Waals surface area contributed by atoms with Crippen molar-refractivity contribution in [2.45, 2.75) is 30.8 Å². The summed E-state index contributed by atoms with van der Waals surface area (Å²) >= 11 is 3.04. The van der Waals surface area contributed by atoms with Crippen LogP contribution >= 0.6 is 15.9 Å². The van der Waals surface area contributed by atoms with E-state index in [1.807, 2.05) is 0 Å². The molecule has 0 bridgehead atoms. The molecule has 2 N–H and O–H groups in total. The Morgan fingerprint density at radius 1 is 1.45 bits per heavy atom. The molecule has 122 valence electrons. The second-order valence-electron chi connectivity index (χ2n) is 4.86. The van der Waals surface area contributed by atoms with Crippen LogP contribution in [0.25, 0.3) is 0 Å². The summed E-state index contributed by atoms with van der Waals surface area (Å²) in [5, 5.41) is 12.2. The molecule has 1 aromatic rings. The van der Waals surface area contributed by atoms with Crippen LogP contribution in [0.1, 0.15) is 18.9 Å². The quantitative estimate of drug-likeness (QED) is 0.769. The van der Waals surface area contributed by atoms with Gasteiger partial charge in [0.2, 0.25) is 5.91 Å². The average molecular weight is 386 g/mol. The highest BCUT2D eigenvalue weighted by Gasteiger charge is 2.71. The third kappa shape index (κ3) is 2.40. The van der Waals surface area contributed by atoms with Gasteiger partial charge in [-0.2, -0.15) is 13.2 Å². The number of hydrogen-bond donors (Lipinski definition) is 2. The maximum absolute atomic E-state index is 14.1. The molecule has 1 aliphatic rings. The van der Waals surface area contributed by atoms with Crippen molar-refractivity contribution in [3.05, 3.63) is 34.1 Å². The highest BCUT2D eigenvalue weighted by molar-refractivity contribution is 9.10. The summed E-state index contributed by atoms with van der Waals surface area (Å²) in [6, 6.07) is 3.30. The summed E-state index contributed by atoms with van der Waals surface area (Å²) in [7, 11) is 0. The van der Waals surface area contributed by atoms with E-state index in [1.54, 1.807) is 0 Å². The number of carbonyl (C=O) groups excluding carboxylic acids is 1. The minimum absolute atomic E-state index is 0.293. The molecule has 0 spiro atoms. The Hall–Kier alpha value is -1.19. The molecule has 4 nitrogen and oxygen atoms in total. The van der Waals surface area contributed by atoms with E-state index in [9.17, 15) is 27.5 Å². The largest absolute Gasteiger partial charge is 0.446 e. The topological polar surface area (TPSA) is 58.6 Å². The van der Waals surface area contributed by atoms with E-state index in [0.29, 0.717) is 4.47 Å². The monoisotopic (exact) mass is 385 g/mol. The Bertz CT molecular complexity index is 609. The number of rotatable bonds is 2. The minimum Gasteiger partial charge on any atom is -0.356 e. The normalized spacial score (nSPS) is 29.3. The van der Waals surface area contributed by atoms with Gasteiger partial charge in [-0.25, -0.2) is 4.39 Å². The van der Waals surface area contributed by atoms with Crippen molar-refractivity contribution in [2.24, 2.45) is 0 Å². The zero-order valence-corrected chi connectivity index (χ0v) is 12.9. The van der Waals surface area contributed by atoms with E-state index >= 15 is 0 Å². The van der Waals surface area contributed by atoms with Gasteiger partial charge in [-0.1, -0.05) is 22.9 Å². The van der Waals surface area contributed by atoms with Gasteiger partial charge in [0.1, 0.15) is 18.0 Å². The molecule has 0 aliphatic carbocycles. The fourth-order valence-corrected chi connectivity index (χ4v) is 2.93. The second-order valence-corrected chi connectivity index (χ2v) is 5.78. The Labute approximate surface area is 131 Å². The van der Waals surface area contributed by atoms with E-state index in [0.717, 1.165) is 12.1 Å². The zero-order valence-electron chi connectivity index (χ0n) is 11.3. The van der Waals surface area contributed by atoms with Crippen molar-refractivity contribution in [3.8, 4) is 0 Å². The molecule has 2 unspecified atom stereocenters. The SMILES string of the molecule is CCC1(c2cc(Br)ccc2F)NC(=O)COC1(O)C(F)(F)F. The molecule has 0 saturated carbocycles. The predicted molar refractivity (Wildman–Crippen MR) is 71.2 cm³/mol. The number of aliphatic hydroxyl groups is 1. The third-order valence-corrected chi connectivity index (χ3v) is 4.14. The average Bonchev–Trinajstić information content (AvgIpc) is 2.43. The molecule has 1 aliphatic heterocycles. The van der Waals surface area contributed by atoms with Crippen LogP contribution in [0.3, 0.4) is 0 Å². The van der Waals surface area contributed by atoms with Gasteiger partial charge < -0.3 is 15.2 Å². The van der Waals surface area contributed by atoms with E-state index < -0.39 is 47.8 Å². The Balaban J connectivity index is 2.75. The van der Waals surface area contributed by atoms with Crippen molar-refractivity contribution in [2.75, 3.05) is 6.61 Å². The van der Waals surface area contributed by atoms with Gasteiger partial charge in [0.05, 0.1) is 0 Å². The standard InChI is InChI=1S/C13H12BrF4NO3/c1-2-11(8-5-7(14)3-4-9(8)15)12(21,13(16,17)18)22-6-10(20)19-11/h3-5,21H,2,6H2,1H3,(H,19,20). The number of alkyl halides is 3. The van der Waals surface area contributed by atoms with E-state index in [2.05, 4.69) is 26.0 Å². The molecular formula is C13H12BrF4NO3. The molecule has 2 rings (SSSR count).